The zero-order valence-corrected chi connectivity index (χ0v) is 19.3. The molecule has 0 saturated carbocycles. The number of rotatable bonds is 4. The van der Waals surface area contributed by atoms with Crippen molar-refractivity contribution in [1.29, 1.82) is 0 Å². The molecule has 6 heteroatoms. The highest BCUT2D eigenvalue weighted by molar-refractivity contribution is 6.12. The van der Waals surface area contributed by atoms with E-state index in [0.29, 0.717) is 23.1 Å². The molecule has 2 aliphatic heterocycles. The van der Waals surface area contributed by atoms with E-state index in [9.17, 15) is 4.79 Å². The molecule has 0 unspecified atom stereocenters. The molecule has 0 spiro atoms. The van der Waals surface area contributed by atoms with Crippen molar-refractivity contribution in [2.75, 3.05) is 20.8 Å². The fourth-order valence-electron chi connectivity index (χ4n) is 5.59. The minimum absolute atomic E-state index is 0.421. The third-order valence-corrected chi connectivity index (χ3v) is 7.23. The van der Waals surface area contributed by atoms with Crippen molar-refractivity contribution in [1.82, 2.24) is 9.88 Å². The first-order chi connectivity index (χ1) is 16.7. The van der Waals surface area contributed by atoms with Gasteiger partial charge in [-0.3, -0.25) is 9.88 Å². The molecule has 0 radical (unpaired) electrons. The quantitative estimate of drug-likeness (QED) is 0.242. The van der Waals surface area contributed by atoms with Crippen LogP contribution >= 0.6 is 0 Å². The predicted molar refractivity (Wildman–Crippen MR) is 131 cm³/mol. The smallest absolute Gasteiger partial charge is 0.345 e. The lowest BCUT2D eigenvalue weighted by molar-refractivity contribution is 0.0734. The fourth-order valence-corrected chi connectivity index (χ4v) is 5.59. The van der Waals surface area contributed by atoms with Crippen LogP contribution in [0.5, 0.6) is 17.2 Å². The van der Waals surface area contributed by atoms with Crippen LogP contribution < -0.4 is 14.2 Å². The highest BCUT2D eigenvalue weighted by Crippen LogP contribution is 2.44. The van der Waals surface area contributed by atoms with Gasteiger partial charge in [0.05, 0.1) is 19.8 Å². The summed E-state index contributed by atoms with van der Waals surface area (Å²) in [5.41, 5.74) is 3.18. The van der Waals surface area contributed by atoms with E-state index in [4.69, 9.17) is 14.2 Å². The third-order valence-electron chi connectivity index (χ3n) is 7.23. The predicted octanol–water partition coefficient (Wildman–Crippen LogP) is 5.14. The molecule has 2 aliphatic rings. The molecular formula is C28H26N2O4. The van der Waals surface area contributed by atoms with E-state index in [2.05, 4.69) is 22.0 Å². The SMILES string of the molecule is COc1cc2c3c(c4ccc(OC(=O)c5cccnc5)cc4c2cc1OC)CN1CCC[C@@H]1C3. The van der Waals surface area contributed by atoms with Gasteiger partial charge in [0.2, 0.25) is 0 Å². The maximum absolute atomic E-state index is 12.6. The van der Waals surface area contributed by atoms with Gasteiger partial charge in [-0.25, -0.2) is 4.79 Å². The number of benzene rings is 3. The van der Waals surface area contributed by atoms with E-state index in [0.717, 1.165) is 36.0 Å². The molecule has 0 amide bonds. The third kappa shape index (κ3) is 3.37. The van der Waals surface area contributed by atoms with Crippen LogP contribution in [0.1, 0.15) is 34.3 Å². The van der Waals surface area contributed by atoms with Crippen molar-refractivity contribution in [2.45, 2.75) is 31.8 Å². The standard InChI is InChI=1S/C28H26N2O4/c1-32-26-13-23-21-11-18-6-4-10-30(18)16-25(21)20-8-7-19(12-22(20)24(23)14-27(26)33-2)34-28(31)17-5-3-9-29-15-17/h3,5,7-9,12-15,18H,4,6,10-11,16H2,1-2H3/t18-/m1/s1. The Kier molecular flexibility index (Phi) is 5.11. The minimum Gasteiger partial charge on any atom is -0.493 e. The summed E-state index contributed by atoms with van der Waals surface area (Å²) < 4.78 is 17.0. The van der Waals surface area contributed by atoms with E-state index in [1.807, 2.05) is 18.2 Å². The molecule has 0 bridgehead atoms. The Balaban J connectivity index is 1.54. The van der Waals surface area contributed by atoms with Crippen LogP contribution in [0, 0.1) is 0 Å². The summed E-state index contributed by atoms with van der Waals surface area (Å²) in [5, 5.41) is 4.50. The van der Waals surface area contributed by atoms with Crippen molar-refractivity contribution in [3.63, 3.8) is 0 Å². The first kappa shape index (κ1) is 20.9. The van der Waals surface area contributed by atoms with Gasteiger partial charge in [0, 0.05) is 25.0 Å². The second-order valence-electron chi connectivity index (χ2n) is 9.02. The molecule has 34 heavy (non-hydrogen) atoms. The number of fused-ring (bicyclic) bond motifs is 7. The molecule has 4 aromatic rings. The number of carbonyl (C=O) groups is 1. The second-order valence-corrected chi connectivity index (χ2v) is 9.02. The van der Waals surface area contributed by atoms with Crippen molar-refractivity contribution < 1.29 is 19.0 Å². The number of nitrogens with zero attached hydrogens (tertiary/aromatic N) is 2. The summed E-state index contributed by atoms with van der Waals surface area (Å²) in [6.07, 6.45) is 6.68. The molecule has 0 N–H and O–H groups in total. The summed E-state index contributed by atoms with van der Waals surface area (Å²) in [6, 6.07) is 14.1. The van der Waals surface area contributed by atoms with Gasteiger partial charge < -0.3 is 14.2 Å². The van der Waals surface area contributed by atoms with Crippen LogP contribution in [0.4, 0.5) is 0 Å². The Bertz CT molecular complexity index is 1420. The van der Waals surface area contributed by atoms with Gasteiger partial charge in [0.1, 0.15) is 5.75 Å². The van der Waals surface area contributed by atoms with Crippen LogP contribution in [-0.2, 0) is 13.0 Å². The molecular weight excluding hydrogens is 428 g/mol. The molecule has 1 atom stereocenters. The van der Waals surface area contributed by atoms with Gasteiger partial charge in [0.25, 0.3) is 0 Å². The van der Waals surface area contributed by atoms with Crippen LogP contribution in [-0.4, -0.2) is 42.7 Å². The Hall–Kier alpha value is -3.64. The van der Waals surface area contributed by atoms with Gasteiger partial charge >= 0.3 is 5.97 Å². The van der Waals surface area contributed by atoms with Gasteiger partial charge in [0.15, 0.2) is 11.5 Å². The van der Waals surface area contributed by atoms with Crippen molar-refractivity contribution in [3.8, 4) is 17.2 Å². The van der Waals surface area contributed by atoms with E-state index in [-0.39, 0.29) is 0 Å². The normalized spacial score (nSPS) is 17.4. The molecule has 172 valence electrons. The molecule has 3 heterocycles. The van der Waals surface area contributed by atoms with Gasteiger partial charge in [-0.05, 0) is 94.9 Å². The zero-order chi connectivity index (χ0) is 23.2. The summed E-state index contributed by atoms with van der Waals surface area (Å²) in [4.78, 5) is 19.3. The minimum atomic E-state index is -0.422. The number of pyridine rings is 1. The first-order valence-corrected chi connectivity index (χ1v) is 11.7. The largest absolute Gasteiger partial charge is 0.493 e. The van der Waals surface area contributed by atoms with E-state index >= 15 is 0 Å². The van der Waals surface area contributed by atoms with Crippen LogP contribution in [0.15, 0.2) is 54.9 Å². The number of aromatic nitrogens is 1. The average molecular weight is 455 g/mol. The summed E-state index contributed by atoms with van der Waals surface area (Å²) in [6.45, 7) is 2.09. The van der Waals surface area contributed by atoms with Crippen molar-refractivity contribution in [3.05, 3.63) is 71.5 Å². The Morgan fingerprint density at radius 3 is 2.53 bits per heavy atom. The lowest BCUT2D eigenvalue weighted by atomic mass is 9.85. The number of hydrogen-bond acceptors (Lipinski definition) is 6. The number of carbonyl (C=O) groups excluding carboxylic acids is 1. The lowest BCUT2D eigenvalue weighted by Gasteiger charge is -2.33. The highest BCUT2D eigenvalue weighted by atomic mass is 16.5. The maximum Gasteiger partial charge on any atom is 0.345 e. The van der Waals surface area contributed by atoms with Gasteiger partial charge in [-0.15, -0.1) is 0 Å². The lowest BCUT2D eigenvalue weighted by Crippen LogP contribution is -2.35. The Morgan fingerprint density at radius 1 is 0.971 bits per heavy atom. The number of hydrogen-bond donors (Lipinski definition) is 0. The molecule has 1 fully saturated rings. The monoisotopic (exact) mass is 454 g/mol. The van der Waals surface area contributed by atoms with E-state index in [1.54, 1.807) is 32.5 Å². The number of ether oxygens (including phenoxy) is 3. The topological polar surface area (TPSA) is 60.9 Å². The van der Waals surface area contributed by atoms with Gasteiger partial charge in [-0.1, -0.05) is 6.07 Å². The van der Waals surface area contributed by atoms with Crippen molar-refractivity contribution >= 4 is 27.5 Å². The molecule has 6 nitrogen and oxygen atoms in total. The highest BCUT2D eigenvalue weighted by Gasteiger charge is 2.32. The van der Waals surface area contributed by atoms with Crippen LogP contribution in [0.25, 0.3) is 21.5 Å². The summed E-state index contributed by atoms with van der Waals surface area (Å²) in [7, 11) is 3.33. The van der Waals surface area contributed by atoms with Crippen molar-refractivity contribution in [2.24, 2.45) is 0 Å². The second kappa shape index (κ2) is 8.29. The Morgan fingerprint density at radius 2 is 1.76 bits per heavy atom. The van der Waals surface area contributed by atoms with E-state index in [1.165, 1.54) is 40.9 Å². The number of methoxy groups -OCH3 is 2. The zero-order valence-electron chi connectivity index (χ0n) is 19.3. The Labute approximate surface area is 198 Å². The average Bonchev–Trinajstić information content (AvgIpc) is 3.35. The van der Waals surface area contributed by atoms with Gasteiger partial charge in [-0.2, -0.15) is 0 Å². The van der Waals surface area contributed by atoms with Crippen LogP contribution in [0.3, 0.4) is 0 Å². The van der Waals surface area contributed by atoms with E-state index < -0.39 is 5.97 Å². The molecule has 1 saturated heterocycles. The fraction of sp³-hybridized carbons (Fsp3) is 0.286. The molecule has 0 aliphatic carbocycles. The molecule has 3 aromatic carbocycles. The molecule has 6 rings (SSSR count). The molecule has 1 aromatic heterocycles. The van der Waals surface area contributed by atoms with Crippen LogP contribution in [0.2, 0.25) is 0 Å². The first-order valence-electron chi connectivity index (χ1n) is 11.7. The number of esters is 1. The summed E-state index contributed by atoms with van der Waals surface area (Å²) in [5.74, 6) is 1.50. The maximum atomic E-state index is 12.6. The summed E-state index contributed by atoms with van der Waals surface area (Å²) >= 11 is 0.